The molecule has 1 aromatic carbocycles. The Morgan fingerprint density at radius 1 is 0.827 bits per heavy atom. The first-order chi connectivity index (χ1) is 35.1. The second kappa shape index (κ2) is 28.8. The van der Waals surface area contributed by atoms with E-state index in [0.717, 1.165) is 0 Å². The van der Waals surface area contributed by atoms with Gasteiger partial charge in [0.2, 0.25) is 35.4 Å². The third kappa shape index (κ3) is 19.7. The summed E-state index contributed by atoms with van der Waals surface area (Å²) in [6.45, 7) is 11.9. The SMILES string of the molecule is Cc1cc(O)cc(C)c1C[C@H](NC(=O)[C@@H]1CCCN1C(=O)[C@H](CCCN=C(N)N)N(C)C(=O)[C@H](CCCN=C(N)N)NC(=O)CN[C@@H](Cc1cnc[nH]1)C(=O)O)C(=O)N[C@H](C(=O)N[C@@H](CC(C)C)C(=O)O)C(C)(C)C. The quantitative estimate of drug-likeness (QED) is 0.0253. The number of likely N-dealkylation sites (N-methyl/N-ethyl adjacent to an activating group) is 1. The number of aryl methyl sites for hydroxylation is 2. The Bertz CT molecular complexity index is 2340. The molecule has 3 rings (SSSR count). The number of phenolic OH excluding ortho intramolecular Hbond substituents is 1. The summed E-state index contributed by atoms with van der Waals surface area (Å²) in [5.41, 5.74) is 23.6. The molecule has 7 atom stereocenters. The zero-order valence-electron chi connectivity index (χ0n) is 44.3. The highest BCUT2D eigenvalue weighted by atomic mass is 16.4. The van der Waals surface area contributed by atoms with E-state index in [9.17, 15) is 53.7 Å². The number of carboxylic acid groups (broad SMARTS) is 2. The summed E-state index contributed by atoms with van der Waals surface area (Å²) < 4.78 is 0. The number of amides is 6. The molecule has 0 bridgehead atoms. The van der Waals surface area contributed by atoms with Crippen LogP contribution in [0.15, 0.2) is 34.6 Å². The van der Waals surface area contributed by atoms with E-state index in [1.165, 1.54) is 41.5 Å². The average Bonchev–Trinajstić information content (AvgIpc) is 4.03. The smallest absolute Gasteiger partial charge is 0.326 e. The van der Waals surface area contributed by atoms with Gasteiger partial charge >= 0.3 is 11.9 Å². The molecule has 0 unspecified atom stereocenters. The maximum Gasteiger partial charge on any atom is 0.326 e. The Hall–Kier alpha value is -7.51. The van der Waals surface area contributed by atoms with Crippen molar-refractivity contribution in [3.8, 4) is 5.75 Å². The number of likely N-dealkylation sites (tertiary alicyclic amines) is 1. The standard InChI is InChI=1S/C49H79N15O11/c1-26(2)18-35(46(74)75)61-42(69)39(49(5,6)7)62-40(67)33(22-31-27(3)19-30(65)20-28(31)4)60-41(68)36-14-11-17-64(36)44(71)37(13-10-16-56-48(52)53)63(8)43(70)32(12-9-15-55-47(50)51)59-38(66)24-57-34(45(72)73)21-29-23-54-25-58-29/h19-20,23,25-26,32-37,39,57,65H,9-18,21-22,24H2,1-8H3,(H,54,58)(H,59,66)(H,60,68)(H,61,69)(H,62,67)(H,72,73)(H,74,75)(H4,50,51,55)(H4,52,53,56)/t32-,33-,34-,35-,36-,37-,39+/m0/s1. The second-order valence-electron chi connectivity index (χ2n) is 20.4. The number of phenols is 1. The number of aromatic nitrogens is 2. The average molecular weight is 1050 g/mol. The molecule has 1 aliphatic rings. The molecular weight excluding hydrogens is 975 g/mol. The Morgan fingerprint density at radius 2 is 1.43 bits per heavy atom. The summed E-state index contributed by atoms with van der Waals surface area (Å²) in [5.74, 6) is -7.28. The molecule has 0 aliphatic carbocycles. The third-order valence-corrected chi connectivity index (χ3v) is 12.7. The highest BCUT2D eigenvalue weighted by Crippen LogP contribution is 2.26. The zero-order chi connectivity index (χ0) is 56.3. The van der Waals surface area contributed by atoms with Gasteiger partial charge in [-0.15, -0.1) is 0 Å². The van der Waals surface area contributed by atoms with Gasteiger partial charge in [0.05, 0.1) is 12.9 Å². The monoisotopic (exact) mass is 1050 g/mol. The van der Waals surface area contributed by atoms with Gasteiger partial charge in [-0.2, -0.15) is 0 Å². The Labute approximate surface area is 437 Å². The summed E-state index contributed by atoms with van der Waals surface area (Å²) in [6, 6.07) is -5.75. The first-order valence-corrected chi connectivity index (χ1v) is 24.9. The van der Waals surface area contributed by atoms with E-state index in [1.54, 1.807) is 34.6 Å². The summed E-state index contributed by atoms with van der Waals surface area (Å²) in [6.07, 6.45) is 3.72. The number of aromatic amines is 1. The molecule has 6 amide bonds. The number of aliphatic imine (C=N–C) groups is 2. The van der Waals surface area contributed by atoms with E-state index in [4.69, 9.17) is 22.9 Å². The molecule has 1 saturated heterocycles. The normalized spacial score (nSPS) is 15.8. The molecule has 1 aromatic heterocycles. The predicted molar refractivity (Wildman–Crippen MR) is 278 cm³/mol. The number of nitrogens with one attached hydrogen (secondary N) is 6. The fraction of sp³-hybridized carbons (Fsp3) is 0.612. The van der Waals surface area contributed by atoms with E-state index < -0.39 is 102 Å². The van der Waals surface area contributed by atoms with Crippen LogP contribution in [0.4, 0.5) is 0 Å². The van der Waals surface area contributed by atoms with Crippen molar-refractivity contribution in [2.24, 2.45) is 44.3 Å². The van der Waals surface area contributed by atoms with Crippen LogP contribution in [0.5, 0.6) is 5.75 Å². The fourth-order valence-electron chi connectivity index (χ4n) is 8.79. The number of nitrogens with zero attached hydrogens (tertiary/aromatic N) is 5. The van der Waals surface area contributed by atoms with Crippen molar-refractivity contribution >= 4 is 59.3 Å². The van der Waals surface area contributed by atoms with Crippen molar-refractivity contribution in [2.45, 2.75) is 149 Å². The van der Waals surface area contributed by atoms with Crippen LogP contribution >= 0.6 is 0 Å². The van der Waals surface area contributed by atoms with E-state index >= 15 is 0 Å². The number of nitrogens with two attached hydrogens (primary N) is 4. The zero-order valence-corrected chi connectivity index (χ0v) is 44.3. The van der Waals surface area contributed by atoms with Crippen molar-refractivity contribution in [1.82, 2.24) is 46.4 Å². The maximum atomic E-state index is 14.9. The summed E-state index contributed by atoms with van der Waals surface area (Å²) in [5, 5.41) is 43.6. The van der Waals surface area contributed by atoms with Gasteiger partial charge in [-0.1, -0.05) is 34.6 Å². The van der Waals surface area contributed by atoms with Gasteiger partial charge in [0.25, 0.3) is 0 Å². The molecule has 26 nitrogen and oxygen atoms in total. The van der Waals surface area contributed by atoms with Gasteiger partial charge in [-0.3, -0.25) is 48.9 Å². The fourth-order valence-corrected chi connectivity index (χ4v) is 8.79. The number of guanidine groups is 2. The minimum atomic E-state index is -1.37. The van der Waals surface area contributed by atoms with Gasteiger partial charge in [0, 0.05) is 51.4 Å². The Balaban J connectivity index is 1.99. The lowest BCUT2D eigenvalue weighted by molar-refractivity contribution is -0.149. The number of rotatable bonds is 29. The minimum absolute atomic E-state index is 0.00654. The number of benzene rings is 1. The van der Waals surface area contributed by atoms with Crippen LogP contribution < -0.4 is 49.5 Å². The molecule has 75 heavy (non-hydrogen) atoms. The van der Waals surface area contributed by atoms with Crippen molar-refractivity contribution < 1.29 is 53.7 Å². The molecule has 0 radical (unpaired) electrons. The minimum Gasteiger partial charge on any atom is -0.508 e. The van der Waals surface area contributed by atoms with E-state index in [1.807, 2.05) is 13.8 Å². The molecular formula is C49H79N15O11. The van der Waals surface area contributed by atoms with Crippen LogP contribution in [0.2, 0.25) is 0 Å². The molecule has 17 N–H and O–H groups in total. The molecule has 1 aliphatic heterocycles. The van der Waals surface area contributed by atoms with E-state index in [-0.39, 0.29) is 94.6 Å². The van der Waals surface area contributed by atoms with Gasteiger partial charge in [-0.05, 0) is 98.9 Å². The third-order valence-electron chi connectivity index (χ3n) is 12.7. The highest BCUT2D eigenvalue weighted by molar-refractivity contribution is 5.97. The number of carbonyl (C=O) groups is 8. The van der Waals surface area contributed by atoms with Gasteiger partial charge in [0.15, 0.2) is 11.9 Å². The summed E-state index contributed by atoms with van der Waals surface area (Å²) in [7, 11) is 1.38. The molecule has 416 valence electrons. The van der Waals surface area contributed by atoms with Crippen LogP contribution in [0.25, 0.3) is 0 Å². The first-order valence-electron chi connectivity index (χ1n) is 24.9. The number of hydrogen-bond acceptors (Lipinski definition) is 13. The first kappa shape index (κ1) is 61.8. The van der Waals surface area contributed by atoms with E-state index in [2.05, 4.69) is 46.5 Å². The Kier molecular flexibility index (Phi) is 23.7. The highest BCUT2D eigenvalue weighted by Gasteiger charge is 2.43. The van der Waals surface area contributed by atoms with Crippen molar-refractivity contribution in [1.29, 1.82) is 0 Å². The van der Waals surface area contributed by atoms with Gasteiger partial charge in [0.1, 0.15) is 48.0 Å². The van der Waals surface area contributed by atoms with Crippen LogP contribution in [0.1, 0.15) is 102 Å². The summed E-state index contributed by atoms with van der Waals surface area (Å²) in [4.78, 5) is 127. The molecule has 1 fully saturated rings. The number of aromatic hydroxyl groups is 1. The number of aliphatic carboxylic acids is 2. The predicted octanol–water partition coefficient (Wildman–Crippen LogP) is -1.40. The maximum absolute atomic E-state index is 14.9. The largest absolute Gasteiger partial charge is 0.508 e. The number of carbonyl (C=O) groups excluding carboxylic acids is 6. The van der Waals surface area contributed by atoms with Gasteiger partial charge < -0.3 is 74.3 Å². The van der Waals surface area contributed by atoms with Crippen LogP contribution in [0, 0.1) is 25.2 Å². The number of carboxylic acids is 2. The van der Waals surface area contributed by atoms with Crippen molar-refractivity contribution in [3.05, 3.63) is 47.0 Å². The Morgan fingerprint density at radius 3 is 1.96 bits per heavy atom. The lowest BCUT2D eigenvalue weighted by Gasteiger charge is -2.35. The van der Waals surface area contributed by atoms with Gasteiger partial charge in [-0.25, -0.2) is 9.78 Å². The van der Waals surface area contributed by atoms with Crippen molar-refractivity contribution in [3.63, 3.8) is 0 Å². The second-order valence-corrected chi connectivity index (χ2v) is 20.4. The number of hydrogen-bond donors (Lipinski definition) is 13. The molecule has 26 heteroatoms. The van der Waals surface area contributed by atoms with Crippen LogP contribution in [-0.4, -0.2) is 170 Å². The van der Waals surface area contributed by atoms with Crippen LogP contribution in [0.3, 0.4) is 0 Å². The molecule has 0 saturated carbocycles. The topological polar surface area (TPSA) is 421 Å². The lowest BCUT2D eigenvalue weighted by atomic mass is 9.85. The molecule has 0 spiro atoms. The molecule has 2 aromatic rings. The summed E-state index contributed by atoms with van der Waals surface area (Å²) >= 11 is 0. The van der Waals surface area contributed by atoms with Crippen LogP contribution in [-0.2, 0) is 51.2 Å². The number of imidazole rings is 1. The van der Waals surface area contributed by atoms with Crippen molar-refractivity contribution in [2.75, 3.05) is 33.2 Å². The lowest BCUT2D eigenvalue weighted by Crippen LogP contribution is -2.61. The van der Waals surface area contributed by atoms with E-state index in [0.29, 0.717) is 28.8 Å². The molecule has 2 heterocycles. The number of H-pyrrole nitrogens is 1.